The van der Waals surface area contributed by atoms with E-state index in [4.69, 9.17) is 4.74 Å². The molecule has 0 bridgehead atoms. The minimum Gasteiger partial charge on any atom is -0.467 e. The Hall–Kier alpha value is -3.21. The van der Waals surface area contributed by atoms with Gasteiger partial charge in [0.15, 0.2) is 0 Å². The molecular formula is C23H23N3O2. The molecule has 4 rings (SSSR count). The molecule has 0 unspecified atom stereocenters. The van der Waals surface area contributed by atoms with Crippen LogP contribution in [-0.2, 0) is 6.42 Å². The second-order valence-electron chi connectivity index (χ2n) is 7.03. The van der Waals surface area contributed by atoms with Crippen molar-refractivity contribution >= 4 is 5.91 Å². The fourth-order valence-corrected chi connectivity index (χ4v) is 4.05. The van der Waals surface area contributed by atoms with E-state index in [1.54, 1.807) is 0 Å². The van der Waals surface area contributed by atoms with Gasteiger partial charge >= 0.3 is 6.01 Å². The first kappa shape index (κ1) is 18.2. The van der Waals surface area contributed by atoms with Gasteiger partial charge in [-0.2, -0.15) is 0 Å². The number of nitrogens with zero attached hydrogens (tertiary/aromatic N) is 3. The van der Waals surface area contributed by atoms with E-state index in [1.807, 2.05) is 11.0 Å². The Kier molecular flexibility index (Phi) is 5.06. The van der Waals surface area contributed by atoms with Gasteiger partial charge in [0.05, 0.1) is 12.7 Å². The molecule has 1 aliphatic rings. The monoisotopic (exact) mass is 373 g/mol. The Labute approximate surface area is 165 Å². The molecule has 0 fully saturated rings. The molecule has 2 aromatic carbocycles. The fourth-order valence-electron chi connectivity index (χ4n) is 4.05. The largest absolute Gasteiger partial charge is 0.467 e. The SMILES string of the molecule is COc1ncc(C(=O)N2CCc3ccccc3[C@H](c3ccccc3)[C@H]2C)cn1. The van der Waals surface area contributed by atoms with Gasteiger partial charge in [-0.1, -0.05) is 54.6 Å². The number of amides is 1. The van der Waals surface area contributed by atoms with Gasteiger partial charge in [0.2, 0.25) is 0 Å². The average Bonchev–Trinajstić information content (AvgIpc) is 2.90. The Morgan fingerprint density at radius 1 is 1.04 bits per heavy atom. The van der Waals surface area contributed by atoms with Crippen LogP contribution in [-0.4, -0.2) is 40.5 Å². The maximum Gasteiger partial charge on any atom is 0.316 e. The van der Waals surface area contributed by atoms with Gasteiger partial charge in [-0.3, -0.25) is 4.79 Å². The van der Waals surface area contributed by atoms with Crippen LogP contribution in [0.5, 0.6) is 6.01 Å². The molecule has 142 valence electrons. The molecule has 1 aromatic heterocycles. The van der Waals surface area contributed by atoms with Gasteiger partial charge in [-0.15, -0.1) is 0 Å². The maximum atomic E-state index is 13.3. The standard InChI is InChI=1S/C23H23N3O2/c1-16-21(18-9-4-3-5-10-18)20-11-7-6-8-17(20)12-13-26(16)22(27)19-14-24-23(28-2)25-15-19/h3-11,14-16,21H,12-13H2,1-2H3/t16-,21+/m1/s1. The quantitative estimate of drug-likeness (QED) is 0.702. The predicted molar refractivity (Wildman–Crippen MR) is 108 cm³/mol. The highest BCUT2D eigenvalue weighted by molar-refractivity contribution is 5.94. The van der Waals surface area contributed by atoms with Crippen LogP contribution < -0.4 is 4.74 Å². The molecule has 5 nitrogen and oxygen atoms in total. The van der Waals surface area contributed by atoms with Crippen LogP contribution in [0.25, 0.3) is 0 Å². The maximum absolute atomic E-state index is 13.3. The number of fused-ring (bicyclic) bond motifs is 1. The van der Waals surface area contributed by atoms with Crippen LogP contribution in [0.15, 0.2) is 67.0 Å². The molecule has 2 atom stereocenters. The van der Waals surface area contributed by atoms with E-state index < -0.39 is 0 Å². The highest BCUT2D eigenvalue weighted by Crippen LogP contribution is 2.36. The fraction of sp³-hybridized carbons (Fsp3) is 0.261. The van der Waals surface area contributed by atoms with E-state index in [9.17, 15) is 4.79 Å². The van der Waals surface area contributed by atoms with Crippen LogP contribution in [0.2, 0.25) is 0 Å². The third-order valence-corrected chi connectivity index (χ3v) is 5.46. The number of benzene rings is 2. The molecule has 0 spiro atoms. The number of rotatable bonds is 3. The lowest BCUT2D eigenvalue weighted by molar-refractivity contribution is 0.0686. The summed E-state index contributed by atoms with van der Waals surface area (Å²) in [4.78, 5) is 23.4. The molecule has 5 heteroatoms. The van der Waals surface area contributed by atoms with Crippen LogP contribution in [0.4, 0.5) is 0 Å². The van der Waals surface area contributed by atoms with Crippen LogP contribution in [0, 0.1) is 0 Å². The first-order chi connectivity index (χ1) is 13.7. The first-order valence-electron chi connectivity index (χ1n) is 9.49. The van der Waals surface area contributed by atoms with E-state index in [-0.39, 0.29) is 23.9 Å². The van der Waals surface area contributed by atoms with Crippen molar-refractivity contribution in [2.45, 2.75) is 25.3 Å². The van der Waals surface area contributed by atoms with Gasteiger partial charge in [-0.25, -0.2) is 9.97 Å². The minimum absolute atomic E-state index is 0.000603. The Morgan fingerprint density at radius 3 is 2.43 bits per heavy atom. The number of methoxy groups -OCH3 is 1. The summed E-state index contributed by atoms with van der Waals surface area (Å²) in [6, 6.07) is 19.2. The smallest absolute Gasteiger partial charge is 0.316 e. The molecule has 0 aliphatic carbocycles. The molecule has 2 heterocycles. The van der Waals surface area contributed by atoms with E-state index in [0.29, 0.717) is 12.1 Å². The second kappa shape index (κ2) is 7.80. The van der Waals surface area contributed by atoms with Crippen molar-refractivity contribution in [3.8, 4) is 6.01 Å². The summed E-state index contributed by atoms with van der Waals surface area (Å²) in [5.41, 5.74) is 4.28. The third-order valence-electron chi connectivity index (χ3n) is 5.46. The number of aromatic nitrogens is 2. The van der Waals surface area contributed by atoms with Gasteiger partial charge in [0.1, 0.15) is 0 Å². The van der Waals surface area contributed by atoms with Crippen LogP contribution in [0.1, 0.15) is 39.9 Å². The number of carbonyl (C=O) groups is 1. The average molecular weight is 373 g/mol. The van der Waals surface area contributed by atoms with Gasteiger partial charge in [-0.05, 0) is 30.0 Å². The van der Waals surface area contributed by atoms with E-state index in [0.717, 1.165) is 6.42 Å². The van der Waals surface area contributed by atoms with E-state index >= 15 is 0 Å². The zero-order valence-corrected chi connectivity index (χ0v) is 16.1. The highest BCUT2D eigenvalue weighted by atomic mass is 16.5. The summed E-state index contributed by atoms with van der Waals surface area (Å²) in [5, 5.41) is 0. The van der Waals surface area contributed by atoms with Crippen LogP contribution >= 0.6 is 0 Å². The third kappa shape index (κ3) is 3.36. The number of ether oxygens (including phenoxy) is 1. The molecule has 0 saturated heterocycles. The summed E-state index contributed by atoms with van der Waals surface area (Å²) < 4.78 is 5.01. The molecule has 0 radical (unpaired) electrons. The Bertz CT molecular complexity index is 957. The van der Waals surface area contributed by atoms with Crippen molar-refractivity contribution in [1.29, 1.82) is 0 Å². The Balaban J connectivity index is 1.73. The lowest BCUT2D eigenvalue weighted by Crippen LogP contribution is -2.42. The number of hydrogen-bond donors (Lipinski definition) is 0. The van der Waals surface area contributed by atoms with E-state index in [2.05, 4.69) is 65.4 Å². The molecule has 0 N–H and O–H groups in total. The summed E-state index contributed by atoms with van der Waals surface area (Å²) in [5.74, 6) is 0.0620. The van der Waals surface area contributed by atoms with Crippen molar-refractivity contribution < 1.29 is 9.53 Å². The lowest BCUT2D eigenvalue weighted by atomic mass is 9.83. The topological polar surface area (TPSA) is 55.3 Å². The summed E-state index contributed by atoms with van der Waals surface area (Å²) in [6.45, 7) is 2.79. The van der Waals surface area contributed by atoms with Crippen LogP contribution in [0.3, 0.4) is 0 Å². The van der Waals surface area contributed by atoms with Crippen molar-refractivity contribution in [3.63, 3.8) is 0 Å². The Morgan fingerprint density at radius 2 is 1.71 bits per heavy atom. The molecule has 3 aromatic rings. The van der Waals surface area contributed by atoms with Crippen molar-refractivity contribution in [2.75, 3.05) is 13.7 Å². The van der Waals surface area contributed by atoms with Crippen molar-refractivity contribution in [2.24, 2.45) is 0 Å². The molecule has 1 aliphatic heterocycles. The molecular weight excluding hydrogens is 350 g/mol. The van der Waals surface area contributed by atoms with Gasteiger partial charge < -0.3 is 9.64 Å². The second-order valence-corrected chi connectivity index (χ2v) is 7.03. The summed E-state index contributed by atoms with van der Waals surface area (Å²) in [6.07, 6.45) is 3.90. The van der Waals surface area contributed by atoms with Crippen molar-refractivity contribution in [3.05, 3.63) is 89.2 Å². The lowest BCUT2D eigenvalue weighted by Gasteiger charge is -2.33. The van der Waals surface area contributed by atoms with E-state index in [1.165, 1.54) is 36.2 Å². The number of hydrogen-bond acceptors (Lipinski definition) is 4. The zero-order valence-electron chi connectivity index (χ0n) is 16.1. The van der Waals surface area contributed by atoms with Gasteiger partial charge in [0, 0.05) is 30.9 Å². The summed E-state index contributed by atoms with van der Waals surface area (Å²) >= 11 is 0. The minimum atomic E-state index is -0.0520. The number of carbonyl (C=O) groups excluding carboxylic acids is 1. The molecule has 0 saturated carbocycles. The zero-order chi connectivity index (χ0) is 19.5. The molecule has 1 amide bonds. The molecule has 28 heavy (non-hydrogen) atoms. The highest BCUT2D eigenvalue weighted by Gasteiger charge is 2.34. The summed E-state index contributed by atoms with van der Waals surface area (Å²) in [7, 11) is 1.51. The van der Waals surface area contributed by atoms with Gasteiger partial charge in [0.25, 0.3) is 5.91 Å². The van der Waals surface area contributed by atoms with Crippen molar-refractivity contribution in [1.82, 2.24) is 14.9 Å². The predicted octanol–water partition coefficient (Wildman–Crippen LogP) is 3.70. The normalized spacial score (nSPS) is 18.9. The first-order valence-corrected chi connectivity index (χ1v) is 9.49.